The maximum Gasteiger partial charge on any atom is 0.339 e. The first kappa shape index (κ1) is 16.0. The normalized spacial score (nSPS) is 10.3. The van der Waals surface area contributed by atoms with Crippen LogP contribution in [0, 0.1) is 10.1 Å². The molecule has 0 atom stereocenters. The van der Waals surface area contributed by atoms with Gasteiger partial charge in [0, 0.05) is 18.6 Å². The summed E-state index contributed by atoms with van der Waals surface area (Å²) in [7, 11) is 0. The van der Waals surface area contributed by atoms with E-state index in [1.807, 2.05) is 0 Å². The number of nitro benzene ring substituents is 1. The minimum absolute atomic E-state index is 0.130. The first-order valence-corrected chi connectivity index (χ1v) is 6.35. The van der Waals surface area contributed by atoms with Crippen molar-refractivity contribution < 1.29 is 29.8 Å². The van der Waals surface area contributed by atoms with Crippen LogP contribution in [0.5, 0.6) is 11.5 Å². The molecule has 118 valence electrons. The molecule has 0 heterocycles. The molecule has 0 unspecified atom stereocenters. The Morgan fingerprint density at radius 3 is 2.13 bits per heavy atom. The van der Waals surface area contributed by atoms with Crippen LogP contribution in [0.2, 0.25) is 0 Å². The largest absolute Gasteiger partial charge is 0.508 e. The van der Waals surface area contributed by atoms with Gasteiger partial charge in [0.25, 0.3) is 5.69 Å². The van der Waals surface area contributed by atoms with Crippen LogP contribution in [-0.2, 0) is 6.42 Å². The molecule has 2 aromatic rings. The van der Waals surface area contributed by atoms with E-state index in [1.165, 1.54) is 24.3 Å². The van der Waals surface area contributed by atoms with Crippen LogP contribution in [0.15, 0.2) is 36.4 Å². The standard InChI is InChI=1S/C15H11NO7/c17-10-6-11(14(19)12(7-10)15(20)21)13(18)5-8-1-3-9(4-2-8)16(22)23/h1-4,6-7,17,19H,5H2,(H,20,21). The monoisotopic (exact) mass is 317 g/mol. The Labute approximate surface area is 129 Å². The molecule has 23 heavy (non-hydrogen) atoms. The third-order valence-corrected chi connectivity index (χ3v) is 3.14. The van der Waals surface area contributed by atoms with Gasteiger partial charge in [-0.05, 0) is 17.7 Å². The van der Waals surface area contributed by atoms with Gasteiger partial charge in [0.2, 0.25) is 0 Å². The molecule has 0 spiro atoms. The van der Waals surface area contributed by atoms with Crippen molar-refractivity contribution in [1.29, 1.82) is 0 Å². The van der Waals surface area contributed by atoms with E-state index in [0.717, 1.165) is 12.1 Å². The second-order valence-corrected chi connectivity index (χ2v) is 4.72. The van der Waals surface area contributed by atoms with Gasteiger partial charge in [-0.3, -0.25) is 14.9 Å². The van der Waals surface area contributed by atoms with Crippen molar-refractivity contribution in [1.82, 2.24) is 0 Å². The Hall–Kier alpha value is -3.42. The molecule has 0 bridgehead atoms. The van der Waals surface area contributed by atoms with Crippen molar-refractivity contribution in [2.45, 2.75) is 6.42 Å². The molecule has 0 aliphatic heterocycles. The molecule has 0 saturated carbocycles. The van der Waals surface area contributed by atoms with Crippen molar-refractivity contribution in [3.05, 3.63) is 63.2 Å². The van der Waals surface area contributed by atoms with E-state index in [-0.39, 0.29) is 17.7 Å². The fraction of sp³-hybridized carbons (Fsp3) is 0.0667. The van der Waals surface area contributed by atoms with Crippen LogP contribution < -0.4 is 0 Å². The number of carbonyl (C=O) groups is 2. The highest BCUT2D eigenvalue weighted by atomic mass is 16.6. The lowest BCUT2D eigenvalue weighted by Crippen LogP contribution is -2.07. The number of Topliss-reactive ketones (excluding diaryl/α,β-unsaturated/α-hetero) is 1. The second kappa shape index (κ2) is 6.14. The third kappa shape index (κ3) is 3.43. The summed E-state index contributed by atoms with van der Waals surface area (Å²) in [5.74, 6) is -3.31. The summed E-state index contributed by atoms with van der Waals surface area (Å²) >= 11 is 0. The minimum atomic E-state index is -1.48. The average Bonchev–Trinajstić information content (AvgIpc) is 2.49. The number of carboxylic acids is 1. The van der Waals surface area contributed by atoms with E-state index < -0.39 is 33.7 Å². The zero-order chi connectivity index (χ0) is 17.1. The molecule has 3 N–H and O–H groups in total. The number of carbonyl (C=O) groups excluding carboxylic acids is 1. The first-order valence-electron chi connectivity index (χ1n) is 6.35. The highest BCUT2D eigenvalue weighted by molar-refractivity contribution is 6.04. The molecule has 0 amide bonds. The van der Waals surface area contributed by atoms with Crippen molar-refractivity contribution in [3.8, 4) is 11.5 Å². The highest BCUT2D eigenvalue weighted by Gasteiger charge is 2.20. The lowest BCUT2D eigenvalue weighted by atomic mass is 9.99. The summed E-state index contributed by atoms with van der Waals surface area (Å²) in [5.41, 5.74) is -0.604. The number of nitro groups is 1. The maximum absolute atomic E-state index is 12.2. The summed E-state index contributed by atoms with van der Waals surface area (Å²) in [5, 5.41) is 38.8. The number of phenolic OH excluding ortho intramolecular Hbond substituents is 1. The minimum Gasteiger partial charge on any atom is -0.508 e. The number of hydrogen-bond acceptors (Lipinski definition) is 6. The third-order valence-electron chi connectivity index (χ3n) is 3.14. The number of benzene rings is 2. The van der Waals surface area contributed by atoms with Crippen LogP contribution >= 0.6 is 0 Å². The van der Waals surface area contributed by atoms with Crippen molar-refractivity contribution in [2.24, 2.45) is 0 Å². The number of nitrogens with zero attached hydrogens (tertiary/aromatic N) is 1. The Morgan fingerprint density at radius 1 is 1.04 bits per heavy atom. The number of aromatic hydroxyl groups is 2. The first-order chi connectivity index (χ1) is 10.8. The quantitative estimate of drug-likeness (QED) is 0.332. The van der Waals surface area contributed by atoms with Gasteiger partial charge in [0.1, 0.15) is 17.1 Å². The lowest BCUT2D eigenvalue weighted by Gasteiger charge is -2.08. The highest BCUT2D eigenvalue weighted by Crippen LogP contribution is 2.29. The summed E-state index contributed by atoms with van der Waals surface area (Å²) < 4.78 is 0. The van der Waals surface area contributed by atoms with Gasteiger partial charge in [-0.2, -0.15) is 0 Å². The molecule has 8 nitrogen and oxygen atoms in total. The van der Waals surface area contributed by atoms with E-state index >= 15 is 0 Å². The number of ketones is 1. The van der Waals surface area contributed by atoms with Gasteiger partial charge in [-0.25, -0.2) is 4.79 Å². The zero-order valence-corrected chi connectivity index (χ0v) is 11.6. The summed E-state index contributed by atoms with van der Waals surface area (Å²) in [6.07, 6.45) is -0.214. The predicted octanol–water partition coefficient (Wildman–Crippen LogP) is 2.13. The molecule has 0 aliphatic carbocycles. The Bertz CT molecular complexity index is 796. The number of hydrogen-bond donors (Lipinski definition) is 3. The van der Waals surface area contributed by atoms with E-state index in [1.54, 1.807) is 0 Å². The molecule has 0 fully saturated rings. The van der Waals surface area contributed by atoms with Crippen molar-refractivity contribution in [2.75, 3.05) is 0 Å². The number of rotatable bonds is 5. The molecular weight excluding hydrogens is 306 g/mol. The van der Waals surface area contributed by atoms with Gasteiger partial charge in [0.15, 0.2) is 5.78 Å². The number of phenols is 2. The van der Waals surface area contributed by atoms with Crippen LogP contribution in [0.25, 0.3) is 0 Å². The predicted molar refractivity (Wildman–Crippen MR) is 77.9 cm³/mol. The topological polar surface area (TPSA) is 138 Å². The second-order valence-electron chi connectivity index (χ2n) is 4.72. The van der Waals surface area contributed by atoms with Crippen molar-refractivity contribution >= 4 is 17.4 Å². The Balaban J connectivity index is 2.30. The lowest BCUT2D eigenvalue weighted by molar-refractivity contribution is -0.384. The molecule has 2 aromatic carbocycles. The van der Waals surface area contributed by atoms with Crippen LogP contribution in [-0.4, -0.2) is 32.0 Å². The van der Waals surface area contributed by atoms with Gasteiger partial charge in [-0.15, -0.1) is 0 Å². The summed E-state index contributed by atoms with van der Waals surface area (Å²) in [6.45, 7) is 0. The smallest absolute Gasteiger partial charge is 0.339 e. The molecular formula is C15H11NO7. The van der Waals surface area contributed by atoms with E-state index in [2.05, 4.69) is 0 Å². The zero-order valence-electron chi connectivity index (χ0n) is 11.6. The molecule has 0 saturated heterocycles. The Kier molecular flexibility index (Phi) is 4.26. The van der Waals surface area contributed by atoms with Crippen LogP contribution in [0.4, 0.5) is 5.69 Å². The van der Waals surface area contributed by atoms with Crippen molar-refractivity contribution in [3.63, 3.8) is 0 Å². The molecule has 0 aromatic heterocycles. The number of non-ortho nitro benzene ring substituents is 1. The van der Waals surface area contributed by atoms with E-state index in [0.29, 0.717) is 5.56 Å². The fourth-order valence-corrected chi connectivity index (χ4v) is 2.01. The number of carboxylic acid groups (broad SMARTS) is 1. The van der Waals surface area contributed by atoms with E-state index in [9.17, 15) is 29.9 Å². The van der Waals surface area contributed by atoms with Gasteiger partial charge < -0.3 is 15.3 Å². The van der Waals surface area contributed by atoms with Gasteiger partial charge in [0.05, 0.1) is 10.5 Å². The summed E-state index contributed by atoms with van der Waals surface area (Å²) in [6, 6.07) is 7.03. The van der Waals surface area contributed by atoms with Gasteiger partial charge >= 0.3 is 5.97 Å². The maximum atomic E-state index is 12.2. The van der Waals surface area contributed by atoms with Crippen LogP contribution in [0.1, 0.15) is 26.3 Å². The molecule has 0 radical (unpaired) electrons. The van der Waals surface area contributed by atoms with Crippen LogP contribution in [0.3, 0.4) is 0 Å². The SMILES string of the molecule is O=C(O)c1cc(O)cc(C(=O)Cc2ccc([N+](=O)[O-])cc2)c1O. The average molecular weight is 317 g/mol. The molecule has 0 aliphatic rings. The van der Waals surface area contributed by atoms with Gasteiger partial charge in [-0.1, -0.05) is 12.1 Å². The Morgan fingerprint density at radius 2 is 1.61 bits per heavy atom. The fourth-order valence-electron chi connectivity index (χ4n) is 2.01. The molecule has 2 rings (SSSR count). The molecule has 8 heteroatoms. The number of aromatic carboxylic acids is 1. The van der Waals surface area contributed by atoms with E-state index in [4.69, 9.17) is 5.11 Å². The summed E-state index contributed by atoms with van der Waals surface area (Å²) in [4.78, 5) is 33.1.